The summed E-state index contributed by atoms with van der Waals surface area (Å²) in [6.45, 7) is 20.5. The summed E-state index contributed by atoms with van der Waals surface area (Å²) in [5, 5.41) is 10.5. The normalized spacial score (nSPS) is 19.3. The molecule has 0 spiro atoms. The van der Waals surface area contributed by atoms with Gasteiger partial charge < -0.3 is 19.0 Å². The maximum atomic E-state index is 13.6. The Morgan fingerprint density at radius 2 is 1.70 bits per heavy atom. The van der Waals surface area contributed by atoms with Gasteiger partial charge in [-0.3, -0.25) is 0 Å². The van der Waals surface area contributed by atoms with E-state index in [-0.39, 0.29) is 16.5 Å². The summed E-state index contributed by atoms with van der Waals surface area (Å²) in [6.07, 6.45) is 10.9. The molecule has 0 fully saturated rings. The van der Waals surface area contributed by atoms with Crippen LogP contribution in [-0.2, 0) is 15.6 Å². The van der Waals surface area contributed by atoms with Gasteiger partial charge in [0.1, 0.15) is 17.1 Å². The van der Waals surface area contributed by atoms with E-state index in [1.807, 2.05) is 74.5 Å². The Hall–Kier alpha value is -5.27. The van der Waals surface area contributed by atoms with E-state index in [1.54, 1.807) is 18.2 Å². The van der Waals surface area contributed by atoms with Crippen molar-refractivity contribution in [3.05, 3.63) is 128 Å². The maximum Gasteiger partial charge on any atom is 0.343 e. The first-order valence-electron chi connectivity index (χ1n) is 16.0. The van der Waals surface area contributed by atoms with Gasteiger partial charge in [0.05, 0.1) is 18.2 Å². The molecule has 0 atom stereocenters. The summed E-state index contributed by atoms with van der Waals surface area (Å²) in [7, 11) is 3.99. The van der Waals surface area contributed by atoms with Crippen molar-refractivity contribution in [1.29, 1.82) is 5.26 Å². The third-order valence-electron chi connectivity index (χ3n) is 9.69. The van der Waals surface area contributed by atoms with Crippen molar-refractivity contribution in [1.82, 2.24) is 0 Å². The average molecular weight is 625 g/mol. The number of nitriles is 1. The van der Waals surface area contributed by atoms with Crippen LogP contribution in [0.1, 0.15) is 69.7 Å². The van der Waals surface area contributed by atoms with Crippen molar-refractivity contribution in [2.75, 3.05) is 37.0 Å². The van der Waals surface area contributed by atoms with Crippen molar-refractivity contribution >= 4 is 34.0 Å². The van der Waals surface area contributed by atoms with Gasteiger partial charge in [0, 0.05) is 49.5 Å². The first-order valence-corrected chi connectivity index (χ1v) is 16.0. The molecule has 3 aliphatic rings. The van der Waals surface area contributed by atoms with Gasteiger partial charge in [-0.25, -0.2) is 14.9 Å². The largest absolute Gasteiger partial charge is 0.457 e. The van der Waals surface area contributed by atoms with Crippen LogP contribution in [0.2, 0.25) is 0 Å². The van der Waals surface area contributed by atoms with Crippen molar-refractivity contribution in [3.63, 3.8) is 0 Å². The minimum atomic E-state index is -0.409. The topological polar surface area (TPSA) is 74.1 Å². The monoisotopic (exact) mass is 624 g/mol. The van der Waals surface area contributed by atoms with E-state index in [9.17, 15) is 10.1 Å². The summed E-state index contributed by atoms with van der Waals surface area (Å²) in [4.78, 5) is 21.6. The molecule has 0 bridgehead atoms. The summed E-state index contributed by atoms with van der Waals surface area (Å²) in [5.41, 5.74) is 7.36. The smallest absolute Gasteiger partial charge is 0.343 e. The van der Waals surface area contributed by atoms with E-state index in [0.29, 0.717) is 33.8 Å². The average Bonchev–Trinajstić information content (AvgIpc) is 3.02. The Morgan fingerprint density at radius 1 is 1.02 bits per heavy atom. The second-order valence-electron chi connectivity index (χ2n) is 14.1. The van der Waals surface area contributed by atoms with Gasteiger partial charge in [0.15, 0.2) is 0 Å². The molecule has 7 heteroatoms. The fourth-order valence-corrected chi connectivity index (χ4v) is 6.77. The molecular formula is C40H40N4O3. The molecule has 0 saturated heterocycles. The van der Waals surface area contributed by atoms with E-state index in [4.69, 9.17) is 15.7 Å². The Bertz CT molecular complexity index is 2070. The maximum absolute atomic E-state index is 13.6. The summed E-state index contributed by atoms with van der Waals surface area (Å²) >= 11 is 0. The quantitative estimate of drug-likeness (QED) is 0.161. The van der Waals surface area contributed by atoms with Gasteiger partial charge in [-0.15, -0.1) is 0 Å². The van der Waals surface area contributed by atoms with Gasteiger partial charge in [0.2, 0.25) is 0 Å². The predicted octanol–water partition coefficient (Wildman–Crippen LogP) is 8.64. The lowest BCUT2D eigenvalue weighted by atomic mass is 9.69. The number of hydrogen-bond acceptors (Lipinski definition) is 6. The lowest BCUT2D eigenvalue weighted by Crippen LogP contribution is -2.44. The minimum Gasteiger partial charge on any atom is -0.457 e. The highest BCUT2D eigenvalue weighted by molar-refractivity contribution is 5.92. The summed E-state index contributed by atoms with van der Waals surface area (Å²) < 4.78 is 12.4. The van der Waals surface area contributed by atoms with Gasteiger partial charge in [-0.1, -0.05) is 45.9 Å². The molecule has 0 radical (unpaired) electrons. The molecular weight excluding hydrogens is 584 g/mol. The van der Waals surface area contributed by atoms with Gasteiger partial charge in [-0.2, -0.15) is 0 Å². The highest BCUT2D eigenvalue weighted by Gasteiger charge is 2.42. The number of anilines is 2. The zero-order chi connectivity index (χ0) is 33.7. The minimum absolute atomic E-state index is 0.00113. The van der Waals surface area contributed by atoms with Gasteiger partial charge >= 0.3 is 5.63 Å². The number of benzene rings is 2. The van der Waals surface area contributed by atoms with E-state index in [2.05, 4.69) is 43.5 Å². The molecule has 47 heavy (non-hydrogen) atoms. The molecule has 1 aromatic heterocycles. The highest BCUT2D eigenvalue weighted by Crippen LogP contribution is 2.51. The van der Waals surface area contributed by atoms with Crippen LogP contribution in [0.5, 0.6) is 0 Å². The predicted molar refractivity (Wildman–Crippen MR) is 190 cm³/mol. The molecule has 0 N–H and O–H groups in total. The summed E-state index contributed by atoms with van der Waals surface area (Å²) in [5.74, 6) is 0.886. The van der Waals surface area contributed by atoms with Crippen molar-refractivity contribution in [2.24, 2.45) is 0 Å². The first kappa shape index (κ1) is 31.7. The number of fused-ring (bicyclic) bond motifs is 2. The fraction of sp³-hybridized carbons (Fsp3) is 0.325. The third-order valence-corrected chi connectivity index (χ3v) is 9.69. The van der Waals surface area contributed by atoms with E-state index in [1.165, 1.54) is 11.3 Å². The Labute approximate surface area is 276 Å². The Kier molecular flexibility index (Phi) is 7.98. The number of rotatable bonds is 5. The zero-order valence-electron chi connectivity index (χ0n) is 28.2. The molecule has 4 heterocycles. The lowest BCUT2D eigenvalue weighted by molar-refractivity contribution is 0.332. The molecule has 0 aliphatic carbocycles. The van der Waals surface area contributed by atoms with Crippen LogP contribution in [0.4, 0.5) is 11.4 Å². The Balaban J connectivity index is 1.40. The highest BCUT2D eigenvalue weighted by atomic mass is 16.5. The van der Waals surface area contributed by atoms with Gasteiger partial charge in [0.25, 0.3) is 5.70 Å². The van der Waals surface area contributed by atoms with Crippen LogP contribution in [0.25, 0.3) is 27.5 Å². The SMILES string of the molecule is [C-]#[N+]C(C#N)=C1C=C(C=Cc2ccc(N(C)C)cc2)OC(C=C(C)c2cc3cc4c5c(c3oc2=O)C(C)(C)CCN5CCC4(C)C)=C1. The van der Waals surface area contributed by atoms with Crippen LogP contribution >= 0.6 is 0 Å². The summed E-state index contributed by atoms with van der Waals surface area (Å²) in [6, 6.07) is 14.2. The van der Waals surface area contributed by atoms with E-state index >= 15 is 0 Å². The molecule has 3 aliphatic heterocycles. The second-order valence-corrected chi connectivity index (χ2v) is 14.1. The van der Waals surface area contributed by atoms with Crippen LogP contribution in [0.15, 0.2) is 92.7 Å². The molecule has 6 rings (SSSR count). The van der Waals surface area contributed by atoms with Crippen LogP contribution < -0.4 is 15.4 Å². The van der Waals surface area contributed by atoms with Crippen LogP contribution in [0, 0.1) is 17.9 Å². The number of ether oxygens (including phenoxy) is 1. The third kappa shape index (κ3) is 5.90. The van der Waals surface area contributed by atoms with Gasteiger partial charge in [-0.05, 0) is 101 Å². The zero-order valence-corrected chi connectivity index (χ0v) is 28.2. The number of hydrogen-bond donors (Lipinski definition) is 0. The first-order chi connectivity index (χ1) is 22.3. The molecule has 238 valence electrons. The van der Waals surface area contributed by atoms with Crippen molar-refractivity contribution < 1.29 is 9.15 Å². The van der Waals surface area contributed by atoms with E-state index in [0.717, 1.165) is 48.1 Å². The van der Waals surface area contributed by atoms with Crippen LogP contribution in [-0.4, -0.2) is 27.2 Å². The molecule has 0 unspecified atom stereocenters. The number of allylic oxidation sites excluding steroid dienone is 7. The second kappa shape index (κ2) is 11.8. The Morgan fingerprint density at radius 3 is 2.36 bits per heavy atom. The van der Waals surface area contributed by atoms with E-state index < -0.39 is 5.63 Å². The molecule has 0 saturated carbocycles. The molecule has 0 amide bonds. The lowest BCUT2D eigenvalue weighted by Gasteiger charge is -2.48. The molecule has 3 aromatic rings. The standard InChI is InChI=1S/C40H40N4O3/c1-25(19-31-21-27(34(24-41)42-6)20-30(46-31)14-11-26-9-12-29(13-10-26)43(7)8)32-22-28-23-33-36-35(37(28)47-38(32)45)40(4,5)16-18-44(36)17-15-39(33,2)3/h9-14,19-23H,15-18H2,1-5,7-8H3. The van der Waals surface area contributed by atoms with Crippen LogP contribution in [0.3, 0.4) is 0 Å². The number of nitrogens with zero attached hydrogens (tertiary/aromatic N) is 4. The fourth-order valence-electron chi connectivity index (χ4n) is 6.77. The molecule has 7 nitrogen and oxygen atoms in total. The van der Waals surface area contributed by atoms with Crippen molar-refractivity contribution in [3.8, 4) is 6.07 Å². The molecule has 2 aromatic carbocycles. The van der Waals surface area contributed by atoms with Crippen molar-refractivity contribution in [2.45, 2.75) is 58.3 Å².